The van der Waals surface area contributed by atoms with Crippen LogP contribution in [0.5, 0.6) is 0 Å². The minimum Gasteiger partial charge on any atom is -0.382 e. The van der Waals surface area contributed by atoms with Crippen LogP contribution in [0.3, 0.4) is 0 Å². The van der Waals surface area contributed by atoms with Gasteiger partial charge in [0.15, 0.2) is 0 Å². The van der Waals surface area contributed by atoms with Crippen molar-refractivity contribution in [2.24, 2.45) is 0 Å². The lowest BCUT2D eigenvalue weighted by atomic mass is 9.97. The summed E-state index contributed by atoms with van der Waals surface area (Å²) >= 11 is 0. The highest BCUT2D eigenvalue weighted by molar-refractivity contribution is 6.10. The third-order valence-electron chi connectivity index (χ3n) is 1.58. The van der Waals surface area contributed by atoms with E-state index >= 15 is 0 Å². The number of rotatable bonds is 6. The molecule has 0 aliphatic carbocycles. The van der Waals surface area contributed by atoms with Crippen molar-refractivity contribution in [3.63, 3.8) is 0 Å². The zero-order valence-electron chi connectivity index (χ0n) is 7.67. The average molecular weight is 156 g/mol. The van der Waals surface area contributed by atoms with Gasteiger partial charge >= 0.3 is 0 Å². The molecule has 0 saturated heterocycles. The Hall–Kier alpha value is -0.0151. The molecular weight excluding hydrogens is 139 g/mol. The molecule has 2 nitrogen and oxygen atoms in total. The summed E-state index contributed by atoms with van der Waals surface area (Å²) in [7, 11) is 7.27. The van der Waals surface area contributed by atoms with E-state index in [1.807, 2.05) is 6.92 Å². The summed E-state index contributed by atoms with van der Waals surface area (Å²) in [6, 6.07) is -0.143. The van der Waals surface area contributed by atoms with Crippen LogP contribution in [-0.4, -0.2) is 33.7 Å². The first-order chi connectivity index (χ1) is 5.24. The maximum atomic E-state index is 5.60. The smallest absolute Gasteiger partial charge is 0.108 e. The van der Waals surface area contributed by atoms with Gasteiger partial charge in [-0.05, 0) is 12.8 Å². The van der Waals surface area contributed by atoms with Crippen LogP contribution in [0.2, 0.25) is 0 Å². The summed E-state index contributed by atoms with van der Waals surface area (Å²) < 4.78 is 10.4. The number of hydrogen-bond donors (Lipinski definition) is 0. The Morgan fingerprint density at radius 2 is 1.91 bits per heavy atom. The fourth-order valence-corrected chi connectivity index (χ4v) is 0.783. The molecule has 0 aliphatic rings. The van der Waals surface area contributed by atoms with E-state index < -0.39 is 0 Å². The molecule has 0 N–H and O–H groups in total. The summed E-state index contributed by atoms with van der Waals surface area (Å²) in [6.45, 7) is 4.69. The highest BCUT2D eigenvalue weighted by Gasteiger charge is 2.08. The molecule has 0 amide bonds. The second-order valence-corrected chi connectivity index (χ2v) is 2.57. The van der Waals surface area contributed by atoms with Gasteiger partial charge in [-0.1, -0.05) is 13.8 Å². The summed E-state index contributed by atoms with van der Waals surface area (Å²) in [5.41, 5.74) is 0. The van der Waals surface area contributed by atoms with Crippen molar-refractivity contribution in [3.05, 3.63) is 0 Å². The van der Waals surface area contributed by atoms with Gasteiger partial charge in [-0.2, -0.15) is 0 Å². The second kappa shape index (κ2) is 6.68. The van der Waals surface area contributed by atoms with Gasteiger partial charge in [-0.15, -0.1) is 0 Å². The van der Waals surface area contributed by atoms with E-state index in [9.17, 15) is 0 Å². The standard InChI is InChI=1S/C8H17BO2/c1-4-7(6-10-3)11-8(9)5-2/h7-8H,4-6H2,1-3H3/t7-,8+/m0/s1. The van der Waals surface area contributed by atoms with Crippen LogP contribution in [0.1, 0.15) is 26.7 Å². The lowest BCUT2D eigenvalue weighted by Gasteiger charge is -2.19. The fourth-order valence-electron chi connectivity index (χ4n) is 0.783. The maximum Gasteiger partial charge on any atom is 0.108 e. The highest BCUT2D eigenvalue weighted by Crippen LogP contribution is 2.03. The van der Waals surface area contributed by atoms with Crippen LogP contribution in [0, 0.1) is 0 Å². The van der Waals surface area contributed by atoms with E-state index in [1.54, 1.807) is 7.11 Å². The van der Waals surface area contributed by atoms with E-state index in [4.69, 9.17) is 17.3 Å². The third kappa shape index (κ3) is 5.28. The zero-order chi connectivity index (χ0) is 8.69. The maximum absolute atomic E-state index is 5.60. The van der Waals surface area contributed by atoms with Gasteiger partial charge in [0.1, 0.15) is 7.85 Å². The first-order valence-corrected chi connectivity index (χ1v) is 4.14. The molecule has 0 heterocycles. The summed E-state index contributed by atoms with van der Waals surface area (Å²) in [5.74, 6) is 0. The van der Waals surface area contributed by atoms with Crippen LogP contribution in [-0.2, 0) is 9.47 Å². The molecule has 0 aromatic rings. The topological polar surface area (TPSA) is 18.5 Å². The normalized spacial score (nSPS) is 16.3. The third-order valence-corrected chi connectivity index (χ3v) is 1.58. The molecule has 11 heavy (non-hydrogen) atoms. The molecule has 0 aromatic heterocycles. The quantitative estimate of drug-likeness (QED) is 0.540. The van der Waals surface area contributed by atoms with Crippen LogP contribution in [0.15, 0.2) is 0 Å². The van der Waals surface area contributed by atoms with Crippen LogP contribution < -0.4 is 0 Å². The van der Waals surface area contributed by atoms with Crippen molar-refractivity contribution >= 4 is 7.85 Å². The Morgan fingerprint density at radius 1 is 1.27 bits per heavy atom. The summed E-state index contributed by atoms with van der Waals surface area (Å²) in [5, 5.41) is 0. The van der Waals surface area contributed by atoms with E-state index in [2.05, 4.69) is 6.92 Å². The van der Waals surface area contributed by atoms with E-state index in [1.165, 1.54) is 0 Å². The number of ether oxygens (including phenoxy) is 2. The molecule has 64 valence electrons. The van der Waals surface area contributed by atoms with Crippen LogP contribution in [0.25, 0.3) is 0 Å². The molecule has 0 bridgehead atoms. The molecule has 0 aromatic carbocycles. The zero-order valence-corrected chi connectivity index (χ0v) is 7.67. The van der Waals surface area contributed by atoms with Gasteiger partial charge in [-0.25, -0.2) is 0 Å². The molecule has 0 spiro atoms. The molecule has 3 heteroatoms. The second-order valence-electron chi connectivity index (χ2n) is 2.57. The van der Waals surface area contributed by atoms with E-state index in [0.717, 1.165) is 12.8 Å². The minimum absolute atomic E-state index is 0.143. The van der Waals surface area contributed by atoms with Crippen molar-refractivity contribution in [1.29, 1.82) is 0 Å². The molecule has 0 rings (SSSR count). The molecule has 0 unspecified atom stereocenters. The van der Waals surface area contributed by atoms with Gasteiger partial charge in [0.25, 0.3) is 0 Å². The molecule has 2 atom stereocenters. The minimum atomic E-state index is -0.143. The molecule has 0 saturated carbocycles. The van der Waals surface area contributed by atoms with Crippen molar-refractivity contribution in [3.8, 4) is 0 Å². The Balaban J connectivity index is 3.49. The van der Waals surface area contributed by atoms with Gasteiger partial charge in [0.2, 0.25) is 0 Å². The Bertz CT molecular complexity index is 88.2. The van der Waals surface area contributed by atoms with Gasteiger partial charge in [-0.3, -0.25) is 0 Å². The Labute approximate surface area is 70.7 Å². The van der Waals surface area contributed by atoms with Crippen LogP contribution >= 0.6 is 0 Å². The van der Waals surface area contributed by atoms with Gasteiger partial charge in [0.05, 0.1) is 12.7 Å². The van der Waals surface area contributed by atoms with Crippen molar-refractivity contribution < 1.29 is 9.47 Å². The molecule has 0 aliphatic heterocycles. The Morgan fingerprint density at radius 3 is 2.27 bits per heavy atom. The molecular formula is C8H17BO2. The first-order valence-electron chi connectivity index (χ1n) is 4.14. The largest absolute Gasteiger partial charge is 0.382 e. The summed E-state index contributed by atoms with van der Waals surface area (Å²) in [4.78, 5) is 0. The lowest BCUT2D eigenvalue weighted by Crippen LogP contribution is -2.25. The molecule has 2 radical (unpaired) electrons. The van der Waals surface area contributed by atoms with E-state index in [-0.39, 0.29) is 12.1 Å². The van der Waals surface area contributed by atoms with Gasteiger partial charge in [0, 0.05) is 13.1 Å². The predicted octanol–water partition coefficient (Wildman–Crippen LogP) is 1.33. The van der Waals surface area contributed by atoms with Gasteiger partial charge < -0.3 is 9.47 Å². The first kappa shape index (κ1) is 11.0. The highest BCUT2D eigenvalue weighted by atomic mass is 16.5. The summed E-state index contributed by atoms with van der Waals surface area (Å²) in [6.07, 6.45) is 1.94. The predicted molar refractivity (Wildman–Crippen MR) is 46.9 cm³/mol. The lowest BCUT2D eigenvalue weighted by molar-refractivity contribution is -0.0199. The van der Waals surface area contributed by atoms with Crippen molar-refractivity contribution in [2.45, 2.75) is 38.8 Å². The Kier molecular flexibility index (Phi) is 6.67. The van der Waals surface area contributed by atoms with E-state index in [0.29, 0.717) is 6.61 Å². The van der Waals surface area contributed by atoms with Crippen molar-refractivity contribution in [1.82, 2.24) is 0 Å². The number of methoxy groups -OCH3 is 1. The SMILES string of the molecule is [B][C@@H](CC)O[C@@H](CC)COC. The van der Waals surface area contributed by atoms with Crippen molar-refractivity contribution in [2.75, 3.05) is 13.7 Å². The average Bonchev–Trinajstić information content (AvgIpc) is 2.03. The monoisotopic (exact) mass is 156 g/mol. The molecule has 0 fully saturated rings. The number of hydrogen-bond acceptors (Lipinski definition) is 2. The fraction of sp³-hybridized carbons (Fsp3) is 1.00. The van der Waals surface area contributed by atoms with Crippen LogP contribution in [0.4, 0.5) is 0 Å².